The third kappa shape index (κ3) is 2.85. The lowest BCUT2D eigenvalue weighted by atomic mass is 9.97. The average Bonchev–Trinajstić information content (AvgIpc) is 3.11. The third-order valence-electron chi connectivity index (χ3n) is 4.02. The van der Waals surface area contributed by atoms with Gasteiger partial charge in [-0.25, -0.2) is 4.79 Å². The highest BCUT2D eigenvalue weighted by Crippen LogP contribution is 2.37. The van der Waals surface area contributed by atoms with Crippen LogP contribution in [0.5, 0.6) is 0 Å². The summed E-state index contributed by atoms with van der Waals surface area (Å²) in [6, 6.07) is 7.69. The molecule has 2 aromatic heterocycles. The number of H-pyrrole nitrogens is 2. The minimum atomic E-state index is -0.352. The molecule has 3 aromatic rings. The second-order valence-electron chi connectivity index (χ2n) is 5.67. The van der Waals surface area contributed by atoms with Gasteiger partial charge in [0.25, 0.3) is 0 Å². The minimum absolute atomic E-state index is 0.337. The van der Waals surface area contributed by atoms with Crippen molar-refractivity contribution in [3.05, 3.63) is 58.5 Å². The van der Waals surface area contributed by atoms with E-state index in [0.29, 0.717) is 17.3 Å². The van der Waals surface area contributed by atoms with Crippen molar-refractivity contribution in [1.82, 2.24) is 9.97 Å². The Hall–Kier alpha value is -2.46. The SMILES string of the molecule is CCOC(=O)c1[nH]cc(C)c1-c1[nH]cc(C)c1-c1ccc(Cl)cc1. The van der Waals surface area contributed by atoms with Crippen molar-refractivity contribution in [3.63, 3.8) is 0 Å². The van der Waals surface area contributed by atoms with E-state index in [0.717, 1.165) is 33.5 Å². The number of nitrogens with one attached hydrogen (secondary N) is 2. The fraction of sp³-hybridized carbons (Fsp3) is 0.211. The Labute approximate surface area is 145 Å². The molecule has 0 fully saturated rings. The number of aromatic nitrogens is 2. The molecular formula is C19H19ClN2O2. The molecule has 0 aliphatic carbocycles. The Morgan fingerprint density at radius 3 is 2.33 bits per heavy atom. The van der Waals surface area contributed by atoms with Crippen LogP contribution in [0.1, 0.15) is 28.5 Å². The van der Waals surface area contributed by atoms with Crippen LogP contribution in [0, 0.1) is 13.8 Å². The number of hydrogen-bond acceptors (Lipinski definition) is 2. The van der Waals surface area contributed by atoms with Crippen molar-refractivity contribution in [3.8, 4) is 22.4 Å². The molecule has 2 heterocycles. The Kier molecular flexibility index (Phi) is 4.49. The van der Waals surface area contributed by atoms with Crippen molar-refractivity contribution in [2.75, 3.05) is 6.61 Å². The molecule has 124 valence electrons. The van der Waals surface area contributed by atoms with Gasteiger partial charge in [0.15, 0.2) is 0 Å². The molecule has 0 radical (unpaired) electrons. The predicted molar refractivity (Wildman–Crippen MR) is 96.5 cm³/mol. The molecule has 1 aromatic carbocycles. The molecule has 0 unspecified atom stereocenters. The first-order chi connectivity index (χ1) is 11.5. The lowest BCUT2D eigenvalue weighted by molar-refractivity contribution is 0.0521. The average molecular weight is 343 g/mol. The van der Waals surface area contributed by atoms with Crippen LogP contribution in [0.15, 0.2) is 36.7 Å². The van der Waals surface area contributed by atoms with E-state index in [2.05, 4.69) is 9.97 Å². The summed E-state index contributed by atoms with van der Waals surface area (Å²) < 4.78 is 5.17. The van der Waals surface area contributed by atoms with Gasteiger partial charge < -0.3 is 14.7 Å². The monoisotopic (exact) mass is 342 g/mol. The summed E-state index contributed by atoms with van der Waals surface area (Å²) in [4.78, 5) is 18.6. The number of halogens is 1. The molecule has 2 N–H and O–H groups in total. The third-order valence-corrected chi connectivity index (χ3v) is 4.27. The highest BCUT2D eigenvalue weighted by Gasteiger charge is 2.22. The molecule has 5 heteroatoms. The highest BCUT2D eigenvalue weighted by atomic mass is 35.5. The summed E-state index contributed by atoms with van der Waals surface area (Å²) in [6.45, 7) is 6.14. The molecule has 0 amide bonds. The summed E-state index contributed by atoms with van der Waals surface area (Å²) in [5.41, 5.74) is 6.39. The minimum Gasteiger partial charge on any atom is -0.461 e. The molecule has 24 heavy (non-hydrogen) atoms. The summed E-state index contributed by atoms with van der Waals surface area (Å²) in [5.74, 6) is -0.352. The number of rotatable bonds is 4. The lowest BCUT2D eigenvalue weighted by Gasteiger charge is -2.09. The van der Waals surface area contributed by atoms with Crippen LogP contribution in [-0.4, -0.2) is 22.5 Å². The molecule has 4 nitrogen and oxygen atoms in total. The van der Waals surface area contributed by atoms with Crippen LogP contribution in [0.2, 0.25) is 5.02 Å². The van der Waals surface area contributed by atoms with E-state index in [-0.39, 0.29) is 5.97 Å². The number of ether oxygens (including phenoxy) is 1. The van der Waals surface area contributed by atoms with Crippen molar-refractivity contribution >= 4 is 17.6 Å². The molecule has 0 aliphatic heterocycles. The van der Waals surface area contributed by atoms with Gasteiger partial charge in [0.2, 0.25) is 0 Å². The molecule has 3 rings (SSSR count). The summed E-state index contributed by atoms with van der Waals surface area (Å²) >= 11 is 6.00. The highest BCUT2D eigenvalue weighted by molar-refractivity contribution is 6.30. The first kappa shape index (κ1) is 16.4. The lowest BCUT2D eigenvalue weighted by Crippen LogP contribution is -2.07. The zero-order valence-corrected chi connectivity index (χ0v) is 14.6. The maximum Gasteiger partial charge on any atom is 0.355 e. The Morgan fingerprint density at radius 2 is 1.67 bits per heavy atom. The zero-order valence-electron chi connectivity index (χ0n) is 13.9. The van der Waals surface area contributed by atoms with Crippen LogP contribution < -0.4 is 0 Å². The predicted octanol–water partition coefficient (Wildman–Crippen LogP) is 5.12. The number of carbonyl (C=O) groups excluding carboxylic acids is 1. The molecule has 0 bridgehead atoms. The van der Waals surface area contributed by atoms with E-state index in [4.69, 9.17) is 16.3 Å². The molecule has 0 atom stereocenters. The van der Waals surface area contributed by atoms with Gasteiger partial charge in [-0.15, -0.1) is 0 Å². The Bertz CT molecular complexity index is 875. The van der Waals surface area contributed by atoms with Gasteiger partial charge in [-0.05, 0) is 49.6 Å². The van der Waals surface area contributed by atoms with Crippen LogP contribution in [0.25, 0.3) is 22.4 Å². The van der Waals surface area contributed by atoms with Gasteiger partial charge in [0.05, 0.1) is 12.3 Å². The smallest absolute Gasteiger partial charge is 0.355 e. The molecule has 0 saturated heterocycles. The normalized spacial score (nSPS) is 10.8. The maximum absolute atomic E-state index is 12.3. The second-order valence-corrected chi connectivity index (χ2v) is 6.11. The van der Waals surface area contributed by atoms with E-state index >= 15 is 0 Å². The largest absolute Gasteiger partial charge is 0.461 e. The number of benzene rings is 1. The summed E-state index contributed by atoms with van der Waals surface area (Å²) in [5, 5.41) is 0.693. The van der Waals surface area contributed by atoms with Crippen molar-refractivity contribution < 1.29 is 9.53 Å². The standard InChI is InChI=1S/C19H19ClN2O2/c1-4-24-19(23)18-16(12(3)10-22-18)17-15(11(2)9-21-17)13-5-7-14(20)8-6-13/h5-10,21-22H,4H2,1-3H3. The van der Waals surface area contributed by atoms with Gasteiger partial charge in [-0.3, -0.25) is 0 Å². The number of hydrogen-bond donors (Lipinski definition) is 2. The quantitative estimate of drug-likeness (QED) is 0.646. The van der Waals surface area contributed by atoms with Crippen LogP contribution in [-0.2, 0) is 4.74 Å². The number of esters is 1. The van der Waals surface area contributed by atoms with Gasteiger partial charge in [0, 0.05) is 28.5 Å². The Morgan fingerprint density at radius 1 is 1.04 bits per heavy atom. The number of aryl methyl sites for hydroxylation is 2. The molecule has 0 aliphatic rings. The van der Waals surface area contributed by atoms with Gasteiger partial charge in [-0.2, -0.15) is 0 Å². The van der Waals surface area contributed by atoms with E-state index < -0.39 is 0 Å². The second kappa shape index (κ2) is 6.57. The number of carbonyl (C=O) groups is 1. The first-order valence-electron chi connectivity index (χ1n) is 7.82. The van der Waals surface area contributed by atoms with Crippen molar-refractivity contribution in [1.29, 1.82) is 0 Å². The topological polar surface area (TPSA) is 57.9 Å². The van der Waals surface area contributed by atoms with E-state index in [1.165, 1.54) is 0 Å². The van der Waals surface area contributed by atoms with Crippen LogP contribution >= 0.6 is 11.6 Å². The van der Waals surface area contributed by atoms with Gasteiger partial charge >= 0.3 is 5.97 Å². The Balaban J connectivity index is 2.17. The molecular weight excluding hydrogens is 324 g/mol. The van der Waals surface area contributed by atoms with Gasteiger partial charge in [-0.1, -0.05) is 23.7 Å². The fourth-order valence-electron chi connectivity index (χ4n) is 2.92. The van der Waals surface area contributed by atoms with E-state index in [1.54, 1.807) is 6.92 Å². The first-order valence-corrected chi connectivity index (χ1v) is 8.20. The van der Waals surface area contributed by atoms with Crippen molar-refractivity contribution in [2.45, 2.75) is 20.8 Å². The summed E-state index contributed by atoms with van der Waals surface area (Å²) in [6.07, 6.45) is 3.77. The summed E-state index contributed by atoms with van der Waals surface area (Å²) in [7, 11) is 0. The van der Waals surface area contributed by atoms with Crippen molar-refractivity contribution in [2.24, 2.45) is 0 Å². The maximum atomic E-state index is 12.3. The zero-order chi connectivity index (χ0) is 17.3. The van der Waals surface area contributed by atoms with Crippen LogP contribution in [0.3, 0.4) is 0 Å². The van der Waals surface area contributed by atoms with Gasteiger partial charge in [0.1, 0.15) is 5.69 Å². The molecule has 0 saturated carbocycles. The fourth-order valence-corrected chi connectivity index (χ4v) is 3.04. The van der Waals surface area contributed by atoms with E-state index in [1.807, 2.05) is 50.5 Å². The molecule has 0 spiro atoms. The van der Waals surface area contributed by atoms with Crippen LogP contribution in [0.4, 0.5) is 0 Å². The number of aromatic amines is 2. The van der Waals surface area contributed by atoms with E-state index in [9.17, 15) is 4.79 Å².